The lowest BCUT2D eigenvalue weighted by Crippen LogP contribution is -2.44. The van der Waals surface area contributed by atoms with E-state index >= 15 is 0 Å². The molecule has 1 N–H and O–H groups in total. The van der Waals surface area contributed by atoms with Gasteiger partial charge < -0.3 is 14.7 Å². The lowest BCUT2D eigenvalue weighted by molar-refractivity contribution is -0.137. The van der Waals surface area contributed by atoms with Crippen LogP contribution in [0.5, 0.6) is 0 Å². The number of carbonyl (C=O) groups is 2. The van der Waals surface area contributed by atoms with Crippen LogP contribution in [0.3, 0.4) is 0 Å². The lowest BCUT2D eigenvalue weighted by Gasteiger charge is -2.36. The summed E-state index contributed by atoms with van der Waals surface area (Å²) in [5.74, 6) is 0.844. The molecule has 1 aliphatic rings. The number of anilines is 1. The number of nitrogens with zero attached hydrogens (tertiary/aromatic N) is 2. The van der Waals surface area contributed by atoms with Gasteiger partial charge in [0.25, 0.3) is 0 Å². The number of aliphatic carboxylic acids is 1. The minimum Gasteiger partial charge on any atom is -0.481 e. The van der Waals surface area contributed by atoms with Crippen LogP contribution in [0.25, 0.3) is 0 Å². The molecule has 2 rings (SSSR count). The number of carboxylic acids is 1. The summed E-state index contributed by atoms with van der Waals surface area (Å²) in [6.07, 6.45) is 1.64. The molecular formula is C14H18N2O4S. The van der Waals surface area contributed by atoms with Crippen LogP contribution in [-0.2, 0) is 9.53 Å². The second kappa shape index (κ2) is 7.31. The molecule has 6 nitrogen and oxygen atoms in total. The van der Waals surface area contributed by atoms with Crippen molar-refractivity contribution in [1.29, 1.82) is 0 Å². The van der Waals surface area contributed by atoms with Crippen molar-refractivity contribution in [2.75, 3.05) is 29.6 Å². The zero-order valence-corrected chi connectivity index (χ0v) is 12.6. The quantitative estimate of drug-likeness (QED) is 0.828. The van der Waals surface area contributed by atoms with E-state index in [1.54, 1.807) is 37.0 Å². The Morgan fingerprint density at radius 2 is 2.38 bits per heavy atom. The maximum Gasteiger partial charge on any atom is 0.341 e. The SMILES string of the molecule is CCOC(=O)c1cccnc1N1CCSCC1CC(=O)O. The van der Waals surface area contributed by atoms with Gasteiger partial charge in [0.2, 0.25) is 0 Å². The van der Waals surface area contributed by atoms with Gasteiger partial charge in [-0.3, -0.25) is 4.79 Å². The Morgan fingerprint density at radius 3 is 3.10 bits per heavy atom. The standard InChI is InChI=1S/C14H18N2O4S/c1-2-20-14(19)11-4-3-5-15-13(11)16-6-7-21-9-10(16)8-12(17)18/h3-5,10H,2,6-9H2,1H3,(H,17,18). The highest BCUT2D eigenvalue weighted by Crippen LogP contribution is 2.27. The van der Waals surface area contributed by atoms with Gasteiger partial charge in [-0.15, -0.1) is 0 Å². The largest absolute Gasteiger partial charge is 0.481 e. The number of esters is 1. The van der Waals surface area contributed by atoms with E-state index in [1.165, 1.54) is 0 Å². The van der Waals surface area contributed by atoms with Gasteiger partial charge in [-0.2, -0.15) is 11.8 Å². The van der Waals surface area contributed by atoms with Crippen LogP contribution in [0.1, 0.15) is 23.7 Å². The predicted octanol–water partition coefficient (Wildman–Crippen LogP) is 1.65. The number of hydrogen-bond acceptors (Lipinski definition) is 6. The normalized spacial score (nSPS) is 18.3. The first-order chi connectivity index (χ1) is 10.1. The van der Waals surface area contributed by atoms with E-state index in [2.05, 4.69) is 4.98 Å². The molecule has 7 heteroatoms. The fourth-order valence-electron chi connectivity index (χ4n) is 2.30. The zero-order valence-electron chi connectivity index (χ0n) is 11.8. The number of carbonyl (C=O) groups excluding carboxylic acids is 1. The van der Waals surface area contributed by atoms with Crippen molar-refractivity contribution in [2.24, 2.45) is 0 Å². The van der Waals surface area contributed by atoms with E-state index in [9.17, 15) is 9.59 Å². The van der Waals surface area contributed by atoms with Crippen LogP contribution in [0, 0.1) is 0 Å². The molecule has 1 aromatic heterocycles. The Hall–Kier alpha value is -1.76. The van der Waals surface area contributed by atoms with Crippen molar-refractivity contribution < 1.29 is 19.4 Å². The minimum atomic E-state index is -0.846. The first kappa shape index (κ1) is 15.6. The molecule has 1 atom stereocenters. The third kappa shape index (κ3) is 3.87. The number of hydrogen-bond donors (Lipinski definition) is 1. The summed E-state index contributed by atoms with van der Waals surface area (Å²) in [7, 11) is 0. The second-order valence-electron chi connectivity index (χ2n) is 4.62. The Balaban J connectivity index is 2.29. The third-order valence-corrected chi connectivity index (χ3v) is 4.28. The monoisotopic (exact) mass is 310 g/mol. The van der Waals surface area contributed by atoms with Crippen molar-refractivity contribution in [3.63, 3.8) is 0 Å². The molecule has 0 spiro atoms. The van der Waals surface area contributed by atoms with Crippen molar-refractivity contribution in [1.82, 2.24) is 4.98 Å². The van der Waals surface area contributed by atoms with Gasteiger partial charge in [-0.25, -0.2) is 9.78 Å². The molecular weight excluding hydrogens is 292 g/mol. The molecule has 21 heavy (non-hydrogen) atoms. The van der Waals surface area contributed by atoms with Gasteiger partial charge in [0, 0.05) is 30.3 Å². The molecule has 2 heterocycles. The summed E-state index contributed by atoms with van der Waals surface area (Å²) in [6.45, 7) is 2.71. The molecule has 0 radical (unpaired) electrons. The van der Waals surface area contributed by atoms with Crippen molar-refractivity contribution in [3.8, 4) is 0 Å². The van der Waals surface area contributed by atoms with Crippen LogP contribution in [-0.4, -0.2) is 52.7 Å². The van der Waals surface area contributed by atoms with Crippen LogP contribution in [0.15, 0.2) is 18.3 Å². The fraction of sp³-hybridized carbons (Fsp3) is 0.500. The third-order valence-electron chi connectivity index (χ3n) is 3.19. The second-order valence-corrected chi connectivity index (χ2v) is 5.76. The number of ether oxygens (including phenoxy) is 1. The molecule has 0 bridgehead atoms. The summed E-state index contributed by atoms with van der Waals surface area (Å²) in [6, 6.07) is 3.19. The number of thioether (sulfide) groups is 1. The van der Waals surface area contributed by atoms with Crippen molar-refractivity contribution in [2.45, 2.75) is 19.4 Å². The molecule has 1 aliphatic heterocycles. The van der Waals surface area contributed by atoms with E-state index in [0.29, 0.717) is 30.3 Å². The smallest absolute Gasteiger partial charge is 0.341 e. The summed E-state index contributed by atoms with van der Waals surface area (Å²) in [5, 5.41) is 9.05. The Kier molecular flexibility index (Phi) is 5.44. The van der Waals surface area contributed by atoms with Crippen molar-refractivity contribution >= 4 is 29.5 Å². The van der Waals surface area contributed by atoms with Crippen LogP contribution < -0.4 is 4.90 Å². The lowest BCUT2D eigenvalue weighted by atomic mass is 10.1. The average Bonchev–Trinajstić information content (AvgIpc) is 2.47. The highest BCUT2D eigenvalue weighted by molar-refractivity contribution is 7.99. The Morgan fingerprint density at radius 1 is 1.57 bits per heavy atom. The molecule has 1 fully saturated rings. The van der Waals surface area contributed by atoms with Gasteiger partial charge >= 0.3 is 11.9 Å². The topological polar surface area (TPSA) is 79.7 Å². The molecule has 1 aromatic rings. The summed E-state index contributed by atoms with van der Waals surface area (Å²) < 4.78 is 5.05. The van der Waals surface area contributed by atoms with Crippen LogP contribution >= 0.6 is 11.8 Å². The summed E-state index contributed by atoms with van der Waals surface area (Å²) >= 11 is 1.72. The van der Waals surface area contributed by atoms with Crippen LogP contribution in [0.2, 0.25) is 0 Å². The van der Waals surface area contributed by atoms with Gasteiger partial charge in [0.1, 0.15) is 11.4 Å². The van der Waals surface area contributed by atoms with E-state index in [4.69, 9.17) is 9.84 Å². The molecule has 1 unspecified atom stereocenters. The van der Waals surface area contributed by atoms with Gasteiger partial charge in [0.15, 0.2) is 0 Å². The Labute approximate surface area is 127 Å². The fourth-order valence-corrected chi connectivity index (χ4v) is 3.36. The van der Waals surface area contributed by atoms with E-state index in [1.807, 2.05) is 4.90 Å². The highest BCUT2D eigenvalue weighted by Gasteiger charge is 2.29. The highest BCUT2D eigenvalue weighted by atomic mass is 32.2. The Bertz CT molecular complexity index is 523. The van der Waals surface area contributed by atoms with Gasteiger partial charge in [-0.05, 0) is 19.1 Å². The number of aromatic nitrogens is 1. The molecule has 0 amide bonds. The number of pyridine rings is 1. The van der Waals surface area contributed by atoms with E-state index in [-0.39, 0.29) is 12.5 Å². The summed E-state index contributed by atoms with van der Waals surface area (Å²) in [4.78, 5) is 29.2. The first-order valence-electron chi connectivity index (χ1n) is 6.81. The summed E-state index contributed by atoms with van der Waals surface area (Å²) in [5.41, 5.74) is 0.390. The minimum absolute atomic E-state index is 0.0336. The maximum absolute atomic E-state index is 12.0. The van der Waals surface area contributed by atoms with Gasteiger partial charge in [-0.1, -0.05) is 0 Å². The van der Waals surface area contributed by atoms with Crippen molar-refractivity contribution in [3.05, 3.63) is 23.9 Å². The number of carboxylic acid groups (broad SMARTS) is 1. The average molecular weight is 310 g/mol. The molecule has 0 aromatic carbocycles. The van der Waals surface area contributed by atoms with E-state index in [0.717, 1.165) is 5.75 Å². The van der Waals surface area contributed by atoms with Crippen LogP contribution in [0.4, 0.5) is 5.82 Å². The first-order valence-corrected chi connectivity index (χ1v) is 7.97. The molecule has 0 saturated carbocycles. The predicted molar refractivity (Wildman–Crippen MR) is 80.9 cm³/mol. The maximum atomic E-state index is 12.0. The number of rotatable bonds is 5. The van der Waals surface area contributed by atoms with Gasteiger partial charge in [0.05, 0.1) is 13.0 Å². The molecule has 0 aliphatic carbocycles. The molecule has 114 valence electrons. The zero-order chi connectivity index (χ0) is 15.2. The van der Waals surface area contributed by atoms with E-state index < -0.39 is 11.9 Å². The molecule has 1 saturated heterocycles.